The van der Waals surface area contributed by atoms with E-state index in [0.29, 0.717) is 15.1 Å². The predicted molar refractivity (Wildman–Crippen MR) is 105 cm³/mol. The van der Waals surface area contributed by atoms with Gasteiger partial charge in [-0.05, 0) is 49.2 Å². The van der Waals surface area contributed by atoms with Crippen molar-refractivity contribution < 1.29 is 0 Å². The maximum atomic E-state index is 5.73. The first-order valence-electron chi connectivity index (χ1n) is 7.23. The first kappa shape index (κ1) is 23.9. The first-order valence-corrected chi connectivity index (χ1v) is 8.74. The molecule has 22 heavy (non-hydrogen) atoms. The van der Waals surface area contributed by atoms with Crippen LogP contribution in [0.5, 0.6) is 0 Å². The smallest absolute Gasteiger partial charge is 0.0594 e. The van der Waals surface area contributed by atoms with Crippen molar-refractivity contribution in [3.05, 3.63) is 67.6 Å². The van der Waals surface area contributed by atoms with Crippen LogP contribution >= 0.6 is 46.4 Å². The van der Waals surface area contributed by atoms with Gasteiger partial charge in [-0.25, -0.2) is 0 Å². The largest absolute Gasteiger partial charge is 0.0843 e. The number of hydrogen-bond acceptors (Lipinski definition) is 0. The van der Waals surface area contributed by atoms with Crippen molar-refractivity contribution in [2.75, 3.05) is 0 Å². The summed E-state index contributed by atoms with van der Waals surface area (Å²) >= 11 is 22.7. The number of benzene rings is 2. The molecule has 0 atom stereocenters. The quantitative estimate of drug-likeness (QED) is 0.428. The molecule has 124 valence electrons. The van der Waals surface area contributed by atoms with Crippen LogP contribution in [0.15, 0.2) is 36.4 Å². The van der Waals surface area contributed by atoms with Crippen molar-refractivity contribution in [2.24, 2.45) is 0 Å². The maximum absolute atomic E-state index is 5.73. The van der Waals surface area contributed by atoms with E-state index in [9.17, 15) is 0 Å². The Labute approximate surface area is 155 Å². The summed E-state index contributed by atoms with van der Waals surface area (Å²) in [6, 6.07) is 11.0. The van der Waals surface area contributed by atoms with Crippen LogP contribution < -0.4 is 0 Å². The summed E-state index contributed by atoms with van der Waals surface area (Å²) in [5, 5.41) is 2.65. The fourth-order valence-corrected chi connectivity index (χ4v) is 1.93. The van der Waals surface area contributed by atoms with Crippen LogP contribution in [0.2, 0.25) is 20.1 Å². The van der Waals surface area contributed by atoms with Gasteiger partial charge < -0.3 is 0 Å². The van der Waals surface area contributed by atoms with E-state index < -0.39 is 0 Å². The zero-order chi connectivity index (χ0) is 17.7. The summed E-state index contributed by atoms with van der Waals surface area (Å²) in [4.78, 5) is 0. The fourth-order valence-electron chi connectivity index (χ4n) is 1.17. The van der Waals surface area contributed by atoms with Gasteiger partial charge >= 0.3 is 0 Å². The van der Waals surface area contributed by atoms with Gasteiger partial charge in [-0.3, -0.25) is 0 Å². The van der Waals surface area contributed by atoms with Gasteiger partial charge in [-0.15, -0.1) is 0 Å². The molecule has 0 aliphatic carbocycles. The second-order valence-electron chi connectivity index (χ2n) is 3.81. The molecule has 2 aromatic carbocycles. The summed E-state index contributed by atoms with van der Waals surface area (Å²) in [7, 11) is 0. The van der Waals surface area contributed by atoms with E-state index in [0.717, 1.165) is 16.1 Å². The van der Waals surface area contributed by atoms with Crippen molar-refractivity contribution >= 4 is 46.4 Å². The topological polar surface area (TPSA) is 0 Å². The van der Waals surface area contributed by atoms with Gasteiger partial charge in [-0.2, -0.15) is 0 Å². The summed E-state index contributed by atoms with van der Waals surface area (Å²) in [6.07, 6.45) is 0. The van der Waals surface area contributed by atoms with Gasteiger partial charge in [0.2, 0.25) is 0 Å². The van der Waals surface area contributed by atoms with E-state index >= 15 is 0 Å². The van der Waals surface area contributed by atoms with Crippen molar-refractivity contribution in [2.45, 2.75) is 41.5 Å². The summed E-state index contributed by atoms with van der Waals surface area (Å²) in [6.45, 7) is 11.9. The van der Waals surface area contributed by atoms with E-state index in [4.69, 9.17) is 46.4 Å². The predicted octanol–water partition coefficient (Wildman–Crippen LogP) is 8.66. The highest BCUT2D eigenvalue weighted by Crippen LogP contribution is 2.21. The van der Waals surface area contributed by atoms with Gasteiger partial charge in [0.05, 0.1) is 10.0 Å². The average molecular weight is 382 g/mol. The van der Waals surface area contributed by atoms with Crippen LogP contribution in [0.25, 0.3) is 0 Å². The lowest BCUT2D eigenvalue weighted by Crippen LogP contribution is -1.71. The molecule has 0 bridgehead atoms. The van der Waals surface area contributed by atoms with Crippen LogP contribution in [0.3, 0.4) is 0 Å². The van der Waals surface area contributed by atoms with Crippen LogP contribution in [0, 0.1) is 13.8 Å². The van der Waals surface area contributed by atoms with Crippen LogP contribution in [0.1, 0.15) is 38.8 Å². The Hall–Kier alpha value is -0.400. The van der Waals surface area contributed by atoms with E-state index in [2.05, 4.69) is 0 Å². The normalized spacial score (nSPS) is 8.45. The molecule has 2 aromatic rings. The third-order valence-corrected chi connectivity index (χ3v) is 3.59. The van der Waals surface area contributed by atoms with Crippen molar-refractivity contribution in [3.63, 3.8) is 0 Å². The van der Waals surface area contributed by atoms with Gasteiger partial charge in [-0.1, -0.05) is 86.2 Å². The highest BCUT2D eigenvalue weighted by Gasteiger charge is 1.94. The maximum Gasteiger partial charge on any atom is 0.0594 e. The fraction of sp³-hybridized carbons (Fsp3) is 0.333. The second kappa shape index (κ2) is 14.2. The molecule has 2 rings (SSSR count). The number of hydrogen-bond donors (Lipinski definition) is 0. The summed E-state index contributed by atoms with van der Waals surface area (Å²) in [5.74, 6) is 0. The molecular weight excluding hydrogens is 358 g/mol. The Bertz CT molecular complexity index is 487. The minimum atomic E-state index is 0.613. The molecule has 0 radical (unpaired) electrons. The van der Waals surface area contributed by atoms with Crippen LogP contribution in [-0.4, -0.2) is 0 Å². The summed E-state index contributed by atoms with van der Waals surface area (Å²) in [5.41, 5.74) is 2.19. The van der Waals surface area contributed by atoms with Gasteiger partial charge in [0.1, 0.15) is 0 Å². The molecular formula is C18H24Cl4. The van der Waals surface area contributed by atoms with Crippen LogP contribution in [-0.2, 0) is 0 Å². The second-order valence-corrected chi connectivity index (χ2v) is 5.47. The molecule has 4 heteroatoms. The van der Waals surface area contributed by atoms with Gasteiger partial charge in [0.25, 0.3) is 0 Å². The highest BCUT2D eigenvalue weighted by atomic mass is 35.5. The molecule has 0 aliphatic rings. The lowest BCUT2D eigenvalue weighted by atomic mass is 10.2. The third-order valence-electron chi connectivity index (χ3n) is 2.21. The number of halogens is 4. The molecule has 0 fully saturated rings. The monoisotopic (exact) mass is 380 g/mol. The molecule has 0 heterocycles. The molecule has 0 saturated carbocycles. The molecule has 0 saturated heterocycles. The van der Waals surface area contributed by atoms with Crippen molar-refractivity contribution in [1.82, 2.24) is 0 Å². The van der Waals surface area contributed by atoms with E-state index in [1.54, 1.807) is 12.1 Å². The lowest BCUT2D eigenvalue weighted by Gasteiger charge is -1.94. The van der Waals surface area contributed by atoms with Gasteiger partial charge in [0.15, 0.2) is 0 Å². The molecule has 0 unspecified atom stereocenters. The Morgan fingerprint density at radius 3 is 1.50 bits per heavy atom. The Kier molecular flexibility index (Phi) is 15.4. The van der Waals surface area contributed by atoms with Crippen molar-refractivity contribution in [1.29, 1.82) is 0 Å². The minimum absolute atomic E-state index is 0.613. The Morgan fingerprint density at radius 1 is 0.591 bits per heavy atom. The van der Waals surface area contributed by atoms with E-state index in [1.165, 1.54) is 0 Å². The third kappa shape index (κ3) is 10.3. The van der Waals surface area contributed by atoms with Gasteiger partial charge in [0, 0.05) is 10.0 Å². The Morgan fingerprint density at radius 2 is 1.14 bits per heavy atom. The van der Waals surface area contributed by atoms with Crippen LogP contribution in [0.4, 0.5) is 0 Å². The van der Waals surface area contributed by atoms with E-state index in [-0.39, 0.29) is 0 Å². The zero-order valence-electron chi connectivity index (χ0n) is 14.0. The molecule has 0 N–H and O–H groups in total. The molecule has 0 nitrogen and oxygen atoms in total. The van der Waals surface area contributed by atoms with E-state index in [1.807, 2.05) is 65.8 Å². The standard InChI is InChI=1S/2C7H6Cl2.2C2H6/c1-5-2-3-6(8)4-7(5)9;1-5-2-3-6(8)7(9)4-5;2*1-2/h2*2-4H,1H3;2*1-2H3. The molecule has 0 amide bonds. The zero-order valence-corrected chi connectivity index (χ0v) is 17.0. The first-order chi connectivity index (χ1) is 10.4. The lowest BCUT2D eigenvalue weighted by molar-refractivity contribution is 1.47. The van der Waals surface area contributed by atoms with Crippen molar-refractivity contribution in [3.8, 4) is 0 Å². The summed E-state index contributed by atoms with van der Waals surface area (Å²) < 4.78 is 0. The SMILES string of the molecule is CC.CC.Cc1ccc(Cl)c(Cl)c1.Cc1ccc(Cl)cc1Cl. The number of rotatable bonds is 0. The molecule has 0 aromatic heterocycles. The molecule has 0 aliphatic heterocycles. The number of aryl methyl sites for hydroxylation is 2. The highest BCUT2D eigenvalue weighted by molar-refractivity contribution is 6.42. The average Bonchev–Trinajstić information content (AvgIpc) is 2.52. The minimum Gasteiger partial charge on any atom is -0.0843 e. The molecule has 0 spiro atoms. The Balaban J connectivity index is 0.